The highest BCUT2D eigenvalue weighted by molar-refractivity contribution is 5.94. The predicted molar refractivity (Wildman–Crippen MR) is 127 cm³/mol. The Labute approximate surface area is 190 Å². The van der Waals surface area contributed by atoms with Gasteiger partial charge in [0.25, 0.3) is 0 Å². The standard InChI is InChI=1S/C26H33N3O3/c1-19-12-14-29(15-13-19)18-20-4-7-22(8-5-20)27-25(30)3-2-16-32-23-9-10-24-21(17-23)6-11-26(31)28-24/h4-5,7-10,17,19H,2-3,6,11-16,18H2,1H3,(H,27,30)(H,28,31). The Morgan fingerprint density at radius 3 is 2.69 bits per heavy atom. The Hall–Kier alpha value is -2.86. The Morgan fingerprint density at radius 2 is 1.91 bits per heavy atom. The van der Waals surface area contributed by atoms with Crippen molar-refractivity contribution in [1.82, 2.24) is 4.90 Å². The first-order valence-electron chi connectivity index (χ1n) is 11.7. The van der Waals surface area contributed by atoms with Crippen LogP contribution in [0.3, 0.4) is 0 Å². The molecule has 1 saturated heterocycles. The number of carbonyl (C=O) groups excluding carboxylic acids is 2. The minimum Gasteiger partial charge on any atom is -0.494 e. The average molecular weight is 436 g/mol. The number of likely N-dealkylation sites (tertiary alicyclic amines) is 1. The number of aryl methyl sites for hydroxylation is 1. The summed E-state index contributed by atoms with van der Waals surface area (Å²) >= 11 is 0. The van der Waals surface area contributed by atoms with Gasteiger partial charge < -0.3 is 15.4 Å². The second-order valence-electron chi connectivity index (χ2n) is 9.02. The summed E-state index contributed by atoms with van der Waals surface area (Å²) < 4.78 is 5.80. The smallest absolute Gasteiger partial charge is 0.224 e. The summed E-state index contributed by atoms with van der Waals surface area (Å²) in [5, 5.41) is 5.84. The van der Waals surface area contributed by atoms with Gasteiger partial charge in [0.15, 0.2) is 0 Å². The third-order valence-electron chi connectivity index (χ3n) is 6.31. The molecule has 2 heterocycles. The number of rotatable bonds is 8. The van der Waals surface area contributed by atoms with Crippen molar-refractivity contribution in [2.45, 2.75) is 52.0 Å². The van der Waals surface area contributed by atoms with Crippen LogP contribution in [0.5, 0.6) is 5.75 Å². The molecule has 0 radical (unpaired) electrons. The van der Waals surface area contributed by atoms with E-state index in [0.717, 1.165) is 41.6 Å². The monoisotopic (exact) mass is 435 g/mol. The van der Waals surface area contributed by atoms with Crippen LogP contribution < -0.4 is 15.4 Å². The van der Waals surface area contributed by atoms with Crippen molar-refractivity contribution in [2.75, 3.05) is 30.3 Å². The number of nitrogens with one attached hydrogen (secondary N) is 2. The fourth-order valence-electron chi connectivity index (χ4n) is 4.27. The van der Waals surface area contributed by atoms with Crippen LogP contribution in [0.25, 0.3) is 0 Å². The average Bonchev–Trinajstić information content (AvgIpc) is 2.79. The van der Waals surface area contributed by atoms with Gasteiger partial charge in [0.1, 0.15) is 5.75 Å². The lowest BCUT2D eigenvalue weighted by Crippen LogP contribution is -2.32. The van der Waals surface area contributed by atoms with E-state index in [2.05, 4.69) is 34.6 Å². The van der Waals surface area contributed by atoms with Crippen LogP contribution in [0, 0.1) is 5.92 Å². The normalized spacial score (nSPS) is 16.8. The summed E-state index contributed by atoms with van der Waals surface area (Å²) in [6.45, 7) is 6.13. The maximum absolute atomic E-state index is 12.3. The minimum absolute atomic E-state index is 0.000443. The highest BCUT2D eigenvalue weighted by Crippen LogP contribution is 2.27. The molecule has 2 aliphatic heterocycles. The number of hydrogen-bond donors (Lipinski definition) is 2. The molecule has 2 aromatic rings. The molecular formula is C26H33N3O3. The molecule has 0 unspecified atom stereocenters. The molecule has 0 spiro atoms. The first kappa shape index (κ1) is 22.3. The van der Waals surface area contributed by atoms with Crippen molar-refractivity contribution in [3.05, 3.63) is 53.6 Å². The van der Waals surface area contributed by atoms with Crippen molar-refractivity contribution in [3.8, 4) is 5.75 Å². The lowest BCUT2D eigenvalue weighted by atomic mass is 9.99. The molecule has 1 fully saturated rings. The molecule has 32 heavy (non-hydrogen) atoms. The van der Waals surface area contributed by atoms with E-state index in [-0.39, 0.29) is 11.8 Å². The minimum atomic E-state index is -0.000443. The summed E-state index contributed by atoms with van der Waals surface area (Å²) in [7, 11) is 0. The maximum atomic E-state index is 12.3. The second-order valence-corrected chi connectivity index (χ2v) is 9.02. The third kappa shape index (κ3) is 6.33. The number of fused-ring (bicyclic) bond motifs is 1. The van der Waals surface area contributed by atoms with E-state index >= 15 is 0 Å². The van der Waals surface area contributed by atoms with E-state index in [9.17, 15) is 9.59 Å². The van der Waals surface area contributed by atoms with Gasteiger partial charge in [-0.15, -0.1) is 0 Å². The van der Waals surface area contributed by atoms with Gasteiger partial charge in [-0.1, -0.05) is 19.1 Å². The summed E-state index contributed by atoms with van der Waals surface area (Å²) in [6.07, 6.45) is 4.86. The predicted octanol–water partition coefficient (Wildman–Crippen LogP) is 4.60. The SMILES string of the molecule is CC1CCN(Cc2ccc(NC(=O)CCCOc3ccc4c(c3)CCC(=O)N4)cc2)CC1. The molecule has 170 valence electrons. The summed E-state index contributed by atoms with van der Waals surface area (Å²) in [5.74, 6) is 1.68. The summed E-state index contributed by atoms with van der Waals surface area (Å²) in [6, 6.07) is 13.9. The number of amides is 2. The van der Waals surface area contributed by atoms with Crippen LogP contribution in [-0.4, -0.2) is 36.4 Å². The van der Waals surface area contributed by atoms with E-state index < -0.39 is 0 Å². The molecule has 6 nitrogen and oxygen atoms in total. The van der Waals surface area contributed by atoms with Crippen LogP contribution in [0.2, 0.25) is 0 Å². The second kappa shape index (κ2) is 10.6. The Kier molecular flexibility index (Phi) is 7.43. The van der Waals surface area contributed by atoms with E-state index in [1.807, 2.05) is 30.3 Å². The largest absolute Gasteiger partial charge is 0.494 e. The van der Waals surface area contributed by atoms with Gasteiger partial charge in [0.05, 0.1) is 6.61 Å². The lowest BCUT2D eigenvalue weighted by Gasteiger charge is -2.30. The van der Waals surface area contributed by atoms with E-state index in [4.69, 9.17) is 4.74 Å². The first-order valence-corrected chi connectivity index (χ1v) is 11.7. The van der Waals surface area contributed by atoms with Crippen molar-refractivity contribution in [2.24, 2.45) is 5.92 Å². The van der Waals surface area contributed by atoms with Gasteiger partial charge in [-0.05, 0) is 86.1 Å². The van der Waals surface area contributed by atoms with Gasteiger partial charge in [-0.2, -0.15) is 0 Å². The van der Waals surface area contributed by atoms with Gasteiger partial charge >= 0.3 is 0 Å². The summed E-state index contributed by atoms with van der Waals surface area (Å²) in [5.41, 5.74) is 4.09. The lowest BCUT2D eigenvalue weighted by molar-refractivity contribution is -0.117. The molecule has 0 bridgehead atoms. The zero-order valence-corrected chi connectivity index (χ0v) is 18.9. The quantitative estimate of drug-likeness (QED) is 0.595. The Morgan fingerprint density at radius 1 is 1.12 bits per heavy atom. The van der Waals surface area contributed by atoms with E-state index in [1.54, 1.807) is 0 Å². The highest BCUT2D eigenvalue weighted by atomic mass is 16.5. The van der Waals surface area contributed by atoms with Crippen LogP contribution in [0.4, 0.5) is 11.4 Å². The van der Waals surface area contributed by atoms with Crippen molar-refractivity contribution < 1.29 is 14.3 Å². The molecule has 0 saturated carbocycles. The van der Waals surface area contributed by atoms with Crippen LogP contribution in [0.1, 0.15) is 50.2 Å². The zero-order valence-electron chi connectivity index (χ0n) is 18.9. The third-order valence-corrected chi connectivity index (χ3v) is 6.31. The topological polar surface area (TPSA) is 70.7 Å². The number of benzene rings is 2. The molecule has 4 rings (SSSR count). The number of nitrogens with zero attached hydrogens (tertiary/aromatic N) is 1. The number of anilines is 2. The summed E-state index contributed by atoms with van der Waals surface area (Å²) in [4.78, 5) is 26.2. The Bertz CT molecular complexity index is 934. The molecular weight excluding hydrogens is 402 g/mol. The number of carbonyl (C=O) groups is 2. The molecule has 2 N–H and O–H groups in total. The molecule has 0 atom stereocenters. The van der Waals surface area contributed by atoms with Gasteiger partial charge in [0, 0.05) is 30.8 Å². The van der Waals surface area contributed by atoms with Crippen molar-refractivity contribution in [3.63, 3.8) is 0 Å². The molecule has 2 aliphatic rings. The highest BCUT2D eigenvalue weighted by Gasteiger charge is 2.16. The van der Waals surface area contributed by atoms with Crippen LogP contribution >= 0.6 is 0 Å². The fourth-order valence-corrected chi connectivity index (χ4v) is 4.27. The van der Waals surface area contributed by atoms with E-state index in [0.29, 0.717) is 25.9 Å². The first-order chi connectivity index (χ1) is 15.5. The van der Waals surface area contributed by atoms with Gasteiger partial charge in [-0.25, -0.2) is 0 Å². The maximum Gasteiger partial charge on any atom is 0.224 e. The molecule has 2 aromatic carbocycles. The van der Waals surface area contributed by atoms with Crippen LogP contribution in [-0.2, 0) is 22.6 Å². The Balaban J connectivity index is 1.15. The van der Waals surface area contributed by atoms with Crippen molar-refractivity contribution in [1.29, 1.82) is 0 Å². The fraction of sp³-hybridized carbons (Fsp3) is 0.462. The molecule has 6 heteroatoms. The van der Waals surface area contributed by atoms with Crippen molar-refractivity contribution >= 4 is 23.2 Å². The zero-order chi connectivity index (χ0) is 22.3. The molecule has 0 aromatic heterocycles. The molecule has 2 amide bonds. The van der Waals surface area contributed by atoms with E-state index in [1.165, 1.54) is 31.5 Å². The number of ether oxygens (including phenoxy) is 1. The molecule has 0 aliphatic carbocycles. The van der Waals surface area contributed by atoms with Crippen LogP contribution in [0.15, 0.2) is 42.5 Å². The number of hydrogen-bond acceptors (Lipinski definition) is 4. The van der Waals surface area contributed by atoms with Gasteiger partial charge in [0.2, 0.25) is 11.8 Å². The van der Waals surface area contributed by atoms with Gasteiger partial charge in [-0.3, -0.25) is 14.5 Å². The number of piperidine rings is 1.